The van der Waals surface area contributed by atoms with E-state index in [4.69, 9.17) is 28.3 Å². The Morgan fingerprint density at radius 3 is 1.88 bits per heavy atom. The van der Waals surface area contributed by atoms with Crippen molar-refractivity contribution in [2.24, 2.45) is 0 Å². The van der Waals surface area contributed by atoms with E-state index in [1.807, 2.05) is 0 Å². The minimum atomic E-state index is -1.18. The van der Waals surface area contributed by atoms with E-state index in [1.54, 1.807) is 13.8 Å². The number of carbonyl (C=O) groups is 2. The van der Waals surface area contributed by atoms with E-state index in [1.165, 1.54) is 6.92 Å². The molecule has 0 spiro atoms. The summed E-state index contributed by atoms with van der Waals surface area (Å²) in [5, 5.41) is 9.32. The van der Waals surface area contributed by atoms with E-state index in [0.29, 0.717) is 11.1 Å². The van der Waals surface area contributed by atoms with Gasteiger partial charge in [-0.05, 0) is 31.9 Å². The summed E-state index contributed by atoms with van der Waals surface area (Å²) in [5.41, 5.74) is 0.947. The van der Waals surface area contributed by atoms with Crippen molar-refractivity contribution >= 4 is 35.0 Å². The third-order valence-electron chi connectivity index (χ3n) is 2.49. The summed E-state index contributed by atoms with van der Waals surface area (Å²) in [6, 6.07) is 0. The molecule has 0 fully saturated rings. The van der Waals surface area contributed by atoms with Crippen molar-refractivity contribution in [3.05, 3.63) is 32.3 Å². The van der Waals surface area contributed by atoms with Crippen molar-refractivity contribution in [3.8, 4) is 0 Å². The van der Waals surface area contributed by atoms with E-state index in [9.17, 15) is 9.59 Å². The number of carboxylic acids is 1. The van der Waals surface area contributed by atoms with Gasteiger partial charge in [-0.2, -0.15) is 0 Å². The number of Topliss-reactive ketones (excluding diaryl/α,β-unsaturated/α-hetero) is 1. The summed E-state index contributed by atoms with van der Waals surface area (Å²) < 4.78 is 0. The maximum absolute atomic E-state index is 11.4. The van der Waals surface area contributed by atoms with Gasteiger partial charge in [-0.25, -0.2) is 4.79 Å². The van der Waals surface area contributed by atoms with Crippen LogP contribution in [0.2, 0.25) is 10.0 Å². The lowest BCUT2D eigenvalue weighted by Gasteiger charge is -2.13. The third-order valence-corrected chi connectivity index (χ3v) is 3.44. The van der Waals surface area contributed by atoms with Crippen LogP contribution in [-0.4, -0.2) is 16.9 Å². The number of carboxylic acid groups (broad SMARTS) is 1. The molecule has 1 aromatic carbocycles. The van der Waals surface area contributed by atoms with Crippen molar-refractivity contribution in [1.82, 2.24) is 0 Å². The number of rotatable bonds is 2. The first-order chi connectivity index (χ1) is 7.29. The third kappa shape index (κ3) is 1.93. The zero-order valence-corrected chi connectivity index (χ0v) is 10.5. The molecule has 0 saturated carbocycles. The number of ketones is 1. The lowest BCUT2D eigenvalue weighted by molar-refractivity contribution is 0.0691. The minimum Gasteiger partial charge on any atom is -0.478 e. The lowest BCUT2D eigenvalue weighted by Crippen LogP contribution is -2.11. The van der Waals surface area contributed by atoms with Gasteiger partial charge in [-0.3, -0.25) is 4.79 Å². The van der Waals surface area contributed by atoms with Crippen LogP contribution in [0.5, 0.6) is 0 Å². The molecule has 3 nitrogen and oxygen atoms in total. The summed E-state index contributed by atoms with van der Waals surface area (Å²) in [6.07, 6.45) is 0. The molecule has 1 aromatic rings. The second-order valence-corrected chi connectivity index (χ2v) is 4.25. The van der Waals surface area contributed by atoms with Gasteiger partial charge in [0.05, 0.1) is 21.2 Å². The maximum atomic E-state index is 11.4. The zero-order chi connectivity index (χ0) is 12.6. The molecule has 0 aliphatic heterocycles. The molecule has 16 heavy (non-hydrogen) atoms. The van der Waals surface area contributed by atoms with Gasteiger partial charge < -0.3 is 5.11 Å². The molecule has 5 heteroatoms. The highest BCUT2D eigenvalue weighted by atomic mass is 35.5. The number of halogens is 2. The van der Waals surface area contributed by atoms with E-state index >= 15 is 0 Å². The average molecular weight is 261 g/mol. The van der Waals surface area contributed by atoms with Crippen LogP contribution in [0.25, 0.3) is 0 Å². The predicted molar refractivity (Wildman–Crippen MR) is 62.9 cm³/mol. The Bertz CT molecular complexity index is 448. The minimum absolute atomic E-state index is 0.00895. The van der Waals surface area contributed by atoms with Crippen LogP contribution in [-0.2, 0) is 0 Å². The largest absolute Gasteiger partial charge is 0.478 e. The van der Waals surface area contributed by atoms with Gasteiger partial charge in [-0.15, -0.1) is 0 Å². The molecule has 0 aliphatic carbocycles. The first-order valence-corrected chi connectivity index (χ1v) is 5.27. The molecule has 0 aliphatic rings. The van der Waals surface area contributed by atoms with E-state index < -0.39 is 11.8 Å². The predicted octanol–water partition coefficient (Wildman–Crippen LogP) is 3.51. The first kappa shape index (κ1) is 13.0. The SMILES string of the molecule is CC(=O)c1c(Cl)c(Cl)c(C)c(C)c1C(=O)O. The quantitative estimate of drug-likeness (QED) is 0.829. The first-order valence-electron chi connectivity index (χ1n) is 4.51. The molecular formula is C11H10Cl2O3. The van der Waals surface area contributed by atoms with Gasteiger partial charge in [0.2, 0.25) is 0 Å². The van der Waals surface area contributed by atoms with Gasteiger partial charge >= 0.3 is 5.97 Å². The van der Waals surface area contributed by atoms with Crippen LogP contribution in [0.1, 0.15) is 38.8 Å². The monoisotopic (exact) mass is 260 g/mol. The highest BCUT2D eigenvalue weighted by molar-refractivity contribution is 6.45. The molecule has 86 valence electrons. The Hall–Kier alpha value is -1.06. The van der Waals surface area contributed by atoms with Crippen LogP contribution in [0.4, 0.5) is 0 Å². The fourth-order valence-corrected chi connectivity index (χ4v) is 2.13. The van der Waals surface area contributed by atoms with Gasteiger partial charge in [-0.1, -0.05) is 23.2 Å². The van der Waals surface area contributed by atoms with Crippen LogP contribution >= 0.6 is 23.2 Å². The Balaban J connectivity index is 3.83. The highest BCUT2D eigenvalue weighted by Crippen LogP contribution is 2.35. The number of benzene rings is 1. The molecular weight excluding hydrogens is 251 g/mol. The molecule has 1 N–H and O–H groups in total. The van der Waals surface area contributed by atoms with Crippen LogP contribution < -0.4 is 0 Å². The Labute approximate surface area is 103 Å². The van der Waals surface area contributed by atoms with Crippen molar-refractivity contribution in [3.63, 3.8) is 0 Å². The normalized spacial score (nSPS) is 10.3. The Morgan fingerprint density at radius 1 is 1.00 bits per heavy atom. The van der Waals surface area contributed by atoms with E-state index in [0.717, 1.165) is 0 Å². The van der Waals surface area contributed by atoms with Crippen molar-refractivity contribution < 1.29 is 14.7 Å². The lowest BCUT2D eigenvalue weighted by atomic mass is 9.95. The molecule has 1 rings (SSSR count). The summed E-state index contributed by atoms with van der Waals surface area (Å²) >= 11 is 11.8. The Kier molecular flexibility index (Phi) is 3.61. The standard InChI is InChI=1S/C11H10Cl2O3/c1-4-5(2)9(12)10(13)8(6(3)14)7(4)11(15)16/h1-3H3,(H,15,16). The molecule has 0 aromatic heterocycles. The smallest absolute Gasteiger partial charge is 0.336 e. The average Bonchev–Trinajstić information content (AvgIpc) is 2.18. The van der Waals surface area contributed by atoms with Crippen molar-refractivity contribution in [2.45, 2.75) is 20.8 Å². The van der Waals surface area contributed by atoms with Crippen molar-refractivity contribution in [2.75, 3.05) is 0 Å². The zero-order valence-electron chi connectivity index (χ0n) is 9.02. The highest BCUT2D eigenvalue weighted by Gasteiger charge is 2.24. The molecule has 0 bridgehead atoms. The topological polar surface area (TPSA) is 54.4 Å². The molecule has 0 saturated heterocycles. The van der Waals surface area contributed by atoms with Crippen LogP contribution in [0.15, 0.2) is 0 Å². The second-order valence-electron chi connectivity index (χ2n) is 3.49. The van der Waals surface area contributed by atoms with Crippen LogP contribution in [0.3, 0.4) is 0 Å². The number of carbonyl (C=O) groups excluding carboxylic acids is 1. The van der Waals surface area contributed by atoms with Gasteiger partial charge in [0.1, 0.15) is 0 Å². The molecule has 0 atom stereocenters. The summed E-state index contributed by atoms with van der Waals surface area (Å²) in [6.45, 7) is 4.53. The van der Waals surface area contributed by atoms with E-state index in [2.05, 4.69) is 0 Å². The van der Waals surface area contributed by atoms with Crippen LogP contribution in [0, 0.1) is 13.8 Å². The summed E-state index contributed by atoms with van der Waals surface area (Å²) in [5.74, 6) is -1.59. The summed E-state index contributed by atoms with van der Waals surface area (Å²) in [7, 11) is 0. The number of aromatic carboxylic acids is 1. The Morgan fingerprint density at radius 2 is 1.50 bits per heavy atom. The molecule has 0 heterocycles. The molecule has 0 amide bonds. The number of hydrogen-bond donors (Lipinski definition) is 1. The van der Waals surface area contributed by atoms with Gasteiger partial charge in [0, 0.05) is 0 Å². The fourth-order valence-electron chi connectivity index (χ4n) is 1.52. The van der Waals surface area contributed by atoms with E-state index in [-0.39, 0.29) is 21.2 Å². The van der Waals surface area contributed by atoms with Gasteiger partial charge in [0.25, 0.3) is 0 Å². The maximum Gasteiger partial charge on any atom is 0.336 e. The fraction of sp³-hybridized carbons (Fsp3) is 0.273. The summed E-state index contributed by atoms with van der Waals surface area (Å²) in [4.78, 5) is 22.5. The number of hydrogen-bond acceptors (Lipinski definition) is 2. The van der Waals surface area contributed by atoms with Gasteiger partial charge in [0.15, 0.2) is 5.78 Å². The molecule has 0 unspecified atom stereocenters. The van der Waals surface area contributed by atoms with Crippen molar-refractivity contribution in [1.29, 1.82) is 0 Å². The second kappa shape index (κ2) is 4.44. The molecule has 0 radical (unpaired) electrons.